The van der Waals surface area contributed by atoms with E-state index < -0.39 is 11.8 Å². The summed E-state index contributed by atoms with van der Waals surface area (Å²) in [7, 11) is 3.02. The molecule has 0 aliphatic carbocycles. The fourth-order valence-corrected chi connectivity index (χ4v) is 2.28. The van der Waals surface area contributed by atoms with Gasteiger partial charge >= 0.3 is 11.8 Å². The summed E-state index contributed by atoms with van der Waals surface area (Å²) in [6.07, 6.45) is 1.33. The third-order valence-corrected chi connectivity index (χ3v) is 4.03. The first kappa shape index (κ1) is 19.6. The van der Waals surface area contributed by atoms with Crippen molar-refractivity contribution in [3.8, 4) is 11.5 Å². The maximum absolute atomic E-state index is 11.9. The fourth-order valence-electron chi connectivity index (χ4n) is 1.93. The Bertz CT molecular complexity index is 856. The number of anilines is 1. The van der Waals surface area contributed by atoms with Crippen molar-refractivity contribution < 1.29 is 19.1 Å². The SMILES string of the molecule is COc1ccc(OC)c(/C=N/NC(=O)C(=O)Nc2cccc(Cl)c2Cl)c1. The normalized spacial score (nSPS) is 10.5. The van der Waals surface area contributed by atoms with E-state index in [-0.39, 0.29) is 15.7 Å². The minimum absolute atomic E-state index is 0.139. The number of hydrogen-bond acceptors (Lipinski definition) is 5. The Hall–Kier alpha value is -2.77. The maximum Gasteiger partial charge on any atom is 0.329 e. The van der Waals surface area contributed by atoms with E-state index in [1.54, 1.807) is 30.3 Å². The van der Waals surface area contributed by atoms with Crippen LogP contribution in [0.25, 0.3) is 0 Å². The Morgan fingerprint density at radius 2 is 1.85 bits per heavy atom. The summed E-state index contributed by atoms with van der Waals surface area (Å²) >= 11 is 11.8. The number of halogens is 2. The highest BCUT2D eigenvalue weighted by atomic mass is 35.5. The van der Waals surface area contributed by atoms with Crippen LogP contribution in [0.3, 0.4) is 0 Å². The summed E-state index contributed by atoms with van der Waals surface area (Å²) in [4.78, 5) is 23.7. The van der Waals surface area contributed by atoms with Crippen molar-refractivity contribution in [1.29, 1.82) is 0 Å². The molecule has 2 rings (SSSR count). The zero-order chi connectivity index (χ0) is 19.1. The molecular weight excluding hydrogens is 381 g/mol. The second-order valence-corrected chi connectivity index (χ2v) is 5.65. The number of benzene rings is 2. The highest BCUT2D eigenvalue weighted by Gasteiger charge is 2.15. The van der Waals surface area contributed by atoms with Crippen molar-refractivity contribution in [2.45, 2.75) is 0 Å². The second kappa shape index (κ2) is 9.07. The third kappa shape index (κ3) is 4.87. The number of hydrogen-bond donors (Lipinski definition) is 2. The molecule has 0 atom stereocenters. The van der Waals surface area contributed by atoms with Gasteiger partial charge in [-0.2, -0.15) is 5.10 Å². The number of amides is 2. The lowest BCUT2D eigenvalue weighted by molar-refractivity contribution is -0.136. The lowest BCUT2D eigenvalue weighted by Gasteiger charge is -2.08. The first-order chi connectivity index (χ1) is 12.5. The first-order valence-corrected chi connectivity index (χ1v) is 8.02. The van der Waals surface area contributed by atoms with Crippen LogP contribution in [0.2, 0.25) is 10.0 Å². The summed E-state index contributed by atoms with van der Waals surface area (Å²) < 4.78 is 10.3. The molecule has 0 spiro atoms. The van der Waals surface area contributed by atoms with E-state index in [1.807, 2.05) is 0 Å². The Balaban J connectivity index is 2.03. The molecule has 2 amide bonds. The van der Waals surface area contributed by atoms with E-state index in [0.29, 0.717) is 17.1 Å². The van der Waals surface area contributed by atoms with Gasteiger partial charge in [0.15, 0.2) is 0 Å². The summed E-state index contributed by atoms with van der Waals surface area (Å²) in [5.41, 5.74) is 2.90. The van der Waals surface area contributed by atoms with Crippen molar-refractivity contribution in [3.05, 3.63) is 52.0 Å². The van der Waals surface area contributed by atoms with Crippen molar-refractivity contribution >= 4 is 46.9 Å². The summed E-state index contributed by atoms with van der Waals surface area (Å²) in [5, 5.41) is 6.50. The number of carbonyl (C=O) groups is 2. The van der Waals surface area contributed by atoms with E-state index in [0.717, 1.165) is 0 Å². The van der Waals surface area contributed by atoms with E-state index in [1.165, 1.54) is 26.5 Å². The quantitative estimate of drug-likeness (QED) is 0.462. The van der Waals surface area contributed by atoms with Crippen LogP contribution in [0.4, 0.5) is 5.69 Å². The molecule has 0 bridgehead atoms. The van der Waals surface area contributed by atoms with Gasteiger partial charge in [0.2, 0.25) is 0 Å². The minimum Gasteiger partial charge on any atom is -0.497 e. The van der Waals surface area contributed by atoms with Crippen LogP contribution in [-0.2, 0) is 9.59 Å². The fraction of sp³-hybridized carbons (Fsp3) is 0.118. The van der Waals surface area contributed by atoms with Gasteiger partial charge in [0.1, 0.15) is 11.5 Å². The van der Waals surface area contributed by atoms with Gasteiger partial charge in [-0.05, 0) is 30.3 Å². The van der Waals surface area contributed by atoms with E-state index in [4.69, 9.17) is 32.7 Å². The zero-order valence-corrected chi connectivity index (χ0v) is 15.4. The molecular formula is C17H15Cl2N3O4. The molecule has 0 fully saturated rings. The van der Waals surface area contributed by atoms with Gasteiger partial charge in [-0.3, -0.25) is 9.59 Å². The average molecular weight is 396 g/mol. The highest BCUT2D eigenvalue weighted by Crippen LogP contribution is 2.29. The van der Waals surface area contributed by atoms with Crippen LogP contribution in [0.5, 0.6) is 11.5 Å². The zero-order valence-electron chi connectivity index (χ0n) is 13.9. The summed E-state index contributed by atoms with van der Waals surface area (Å²) in [6.45, 7) is 0. The van der Waals surface area contributed by atoms with Crippen LogP contribution in [0.1, 0.15) is 5.56 Å². The molecule has 0 saturated heterocycles. The van der Waals surface area contributed by atoms with E-state index >= 15 is 0 Å². The number of rotatable bonds is 5. The van der Waals surface area contributed by atoms with Crippen LogP contribution in [0, 0.1) is 0 Å². The Kier molecular flexibility index (Phi) is 6.82. The molecule has 2 aromatic carbocycles. The largest absolute Gasteiger partial charge is 0.497 e. The second-order valence-electron chi connectivity index (χ2n) is 4.86. The van der Waals surface area contributed by atoms with Gasteiger partial charge in [0, 0.05) is 5.56 Å². The minimum atomic E-state index is -0.973. The van der Waals surface area contributed by atoms with Gasteiger partial charge in [-0.15, -0.1) is 0 Å². The molecule has 0 heterocycles. The Labute approximate surface area is 159 Å². The molecule has 7 nitrogen and oxygen atoms in total. The monoisotopic (exact) mass is 395 g/mol. The van der Waals surface area contributed by atoms with Gasteiger partial charge in [-0.25, -0.2) is 5.43 Å². The van der Waals surface area contributed by atoms with E-state index in [2.05, 4.69) is 15.8 Å². The molecule has 0 saturated carbocycles. The molecule has 26 heavy (non-hydrogen) atoms. The molecule has 0 aromatic heterocycles. The molecule has 2 aromatic rings. The van der Waals surface area contributed by atoms with Crippen LogP contribution in [-0.4, -0.2) is 32.2 Å². The lowest BCUT2D eigenvalue weighted by Crippen LogP contribution is -2.32. The van der Waals surface area contributed by atoms with Crippen molar-refractivity contribution in [1.82, 2.24) is 5.43 Å². The molecule has 0 aliphatic heterocycles. The van der Waals surface area contributed by atoms with Crippen molar-refractivity contribution in [2.24, 2.45) is 5.10 Å². The number of carbonyl (C=O) groups excluding carboxylic acids is 2. The standard InChI is InChI=1S/C17H15Cl2N3O4/c1-25-11-6-7-14(26-2)10(8-11)9-20-22-17(24)16(23)21-13-5-3-4-12(18)15(13)19/h3-9H,1-2H3,(H,21,23)(H,22,24)/b20-9+. The van der Waals surface area contributed by atoms with E-state index in [9.17, 15) is 9.59 Å². The predicted octanol–water partition coefficient (Wildman–Crippen LogP) is 3.10. The Morgan fingerprint density at radius 3 is 2.54 bits per heavy atom. The van der Waals surface area contributed by atoms with Gasteiger partial charge in [-0.1, -0.05) is 29.3 Å². The molecule has 0 unspecified atom stereocenters. The lowest BCUT2D eigenvalue weighted by atomic mass is 10.2. The third-order valence-electron chi connectivity index (χ3n) is 3.21. The number of nitrogens with zero attached hydrogens (tertiary/aromatic N) is 1. The average Bonchev–Trinajstić information content (AvgIpc) is 2.65. The molecule has 0 radical (unpaired) electrons. The van der Waals surface area contributed by atoms with Crippen molar-refractivity contribution in [3.63, 3.8) is 0 Å². The topological polar surface area (TPSA) is 89.0 Å². The predicted molar refractivity (Wildman–Crippen MR) is 100 cm³/mol. The molecule has 2 N–H and O–H groups in total. The number of ether oxygens (including phenoxy) is 2. The van der Waals surface area contributed by atoms with Crippen LogP contribution in [0.15, 0.2) is 41.5 Å². The summed E-state index contributed by atoms with van der Waals surface area (Å²) in [5.74, 6) is -0.797. The molecule has 136 valence electrons. The van der Waals surface area contributed by atoms with Crippen LogP contribution < -0.4 is 20.2 Å². The summed E-state index contributed by atoms with van der Waals surface area (Å²) in [6, 6.07) is 9.75. The highest BCUT2D eigenvalue weighted by molar-refractivity contribution is 6.45. The molecule has 0 aliphatic rings. The Morgan fingerprint density at radius 1 is 1.08 bits per heavy atom. The van der Waals surface area contributed by atoms with Crippen molar-refractivity contribution in [2.75, 3.05) is 19.5 Å². The van der Waals surface area contributed by atoms with Gasteiger partial charge < -0.3 is 14.8 Å². The maximum atomic E-state index is 11.9. The van der Waals surface area contributed by atoms with Gasteiger partial charge in [0.25, 0.3) is 0 Å². The smallest absolute Gasteiger partial charge is 0.329 e. The number of hydrazone groups is 1. The molecule has 9 heteroatoms. The first-order valence-electron chi connectivity index (χ1n) is 7.26. The number of nitrogens with one attached hydrogen (secondary N) is 2. The van der Waals surface area contributed by atoms with Gasteiger partial charge in [0.05, 0.1) is 36.2 Å². The van der Waals surface area contributed by atoms with Crippen LogP contribution >= 0.6 is 23.2 Å². The number of methoxy groups -OCH3 is 2.